The van der Waals surface area contributed by atoms with E-state index in [1.54, 1.807) is 34.6 Å². The molecule has 0 aliphatic carbocycles. The van der Waals surface area contributed by atoms with Gasteiger partial charge in [-0.05, 0) is 34.1 Å². The highest BCUT2D eigenvalue weighted by molar-refractivity contribution is 6.08. The second-order valence-corrected chi connectivity index (χ2v) is 5.84. The van der Waals surface area contributed by atoms with Gasteiger partial charge in [0.2, 0.25) is 0 Å². The van der Waals surface area contributed by atoms with Crippen molar-refractivity contribution in [1.82, 2.24) is 4.90 Å². The molecular formula is C13H21NO5. The van der Waals surface area contributed by atoms with Crippen LogP contribution in [0.4, 0.5) is 4.79 Å². The fraction of sp³-hybridized carbons (Fsp3) is 0.769. The van der Waals surface area contributed by atoms with E-state index in [1.807, 2.05) is 0 Å². The standard InChI is InChI=1S/C13H21NO5/c1-6-13(10(16)17)8(2)14(7-9(13)15)11(18)19-12(3,4)5/h8H,6-7H2,1-5H3,(H,16,17). The second-order valence-electron chi connectivity index (χ2n) is 5.84. The molecule has 1 aliphatic rings. The third kappa shape index (κ3) is 2.57. The first-order valence-corrected chi connectivity index (χ1v) is 6.32. The fourth-order valence-electron chi connectivity index (χ4n) is 2.42. The lowest BCUT2D eigenvalue weighted by Gasteiger charge is -2.31. The predicted octanol–water partition coefficient (Wildman–Crippen LogP) is 1.68. The molecule has 0 bridgehead atoms. The van der Waals surface area contributed by atoms with E-state index in [-0.39, 0.29) is 13.0 Å². The molecule has 1 N–H and O–H groups in total. The number of ether oxygens (including phenoxy) is 1. The zero-order valence-corrected chi connectivity index (χ0v) is 12.0. The molecule has 108 valence electrons. The number of likely N-dealkylation sites (tertiary alicyclic amines) is 1. The van der Waals surface area contributed by atoms with Crippen molar-refractivity contribution in [3.63, 3.8) is 0 Å². The normalized spacial score (nSPS) is 27.5. The molecule has 2 unspecified atom stereocenters. The number of carboxylic acids is 1. The van der Waals surface area contributed by atoms with Crippen LogP contribution in [0.5, 0.6) is 0 Å². The Morgan fingerprint density at radius 1 is 1.47 bits per heavy atom. The summed E-state index contributed by atoms with van der Waals surface area (Å²) >= 11 is 0. The zero-order valence-electron chi connectivity index (χ0n) is 12.0. The van der Waals surface area contributed by atoms with Crippen LogP contribution in [0.2, 0.25) is 0 Å². The van der Waals surface area contributed by atoms with Crippen LogP contribution < -0.4 is 0 Å². The average molecular weight is 271 g/mol. The maximum absolute atomic E-state index is 12.0. The molecule has 0 spiro atoms. The summed E-state index contributed by atoms with van der Waals surface area (Å²) in [6.45, 7) is 8.16. The van der Waals surface area contributed by atoms with Crippen LogP contribution in [0.15, 0.2) is 0 Å². The summed E-state index contributed by atoms with van der Waals surface area (Å²) < 4.78 is 5.20. The van der Waals surface area contributed by atoms with Gasteiger partial charge < -0.3 is 9.84 Å². The number of hydrogen-bond acceptors (Lipinski definition) is 4. The molecule has 1 heterocycles. The summed E-state index contributed by atoms with van der Waals surface area (Å²) in [7, 11) is 0. The first kappa shape index (κ1) is 15.5. The van der Waals surface area contributed by atoms with Crippen LogP contribution in [0.1, 0.15) is 41.0 Å². The van der Waals surface area contributed by atoms with E-state index >= 15 is 0 Å². The number of hydrogen-bond donors (Lipinski definition) is 1. The number of nitrogens with zero attached hydrogens (tertiary/aromatic N) is 1. The van der Waals surface area contributed by atoms with Crippen molar-refractivity contribution >= 4 is 17.8 Å². The number of carboxylic acid groups (broad SMARTS) is 1. The van der Waals surface area contributed by atoms with Crippen molar-refractivity contribution in [3.05, 3.63) is 0 Å². The van der Waals surface area contributed by atoms with Crippen molar-refractivity contribution in [2.24, 2.45) is 5.41 Å². The van der Waals surface area contributed by atoms with E-state index in [1.165, 1.54) is 4.90 Å². The van der Waals surface area contributed by atoms with Gasteiger partial charge in [-0.3, -0.25) is 14.5 Å². The van der Waals surface area contributed by atoms with E-state index in [4.69, 9.17) is 4.74 Å². The summed E-state index contributed by atoms with van der Waals surface area (Å²) in [5, 5.41) is 9.34. The predicted molar refractivity (Wildman–Crippen MR) is 67.8 cm³/mol. The first-order chi connectivity index (χ1) is 8.56. The third-order valence-electron chi connectivity index (χ3n) is 3.56. The van der Waals surface area contributed by atoms with E-state index in [0.29, 0.717) is 0 Å². The molecule has 19 heavy (non-hydrogen) atoms. The van der Waals surface area contributed by atoms with E-state index in [2.05, 4.69) is 0 Å². The molecule has 0 aromatic rings. The highest BCUT2D eigenvalue weighted by Crippen LogP contribution is 2.38. The largest absolute Gasteiger partial charge is 0.480 e. The molecule has 0 aromatic carbocycles. The van der Waals surface area contributed by atoms with E-state index in [9.17, 15) is 19.5 Å². The Bertz CT molecular complexity index is 412. The summed E-state index contributed by atoms with van der Waals surface area (Å²) in [6, 6.07) is -0.711. The molecule has 1 amide bonds. The zero-order chi connectivity index (χ0) is 15.0. The van der Waals surface area contributed by atoms with Crippen LogP contribution in [-0.4, -0.2) is 46.0 Å². The van der Waals surface area contributed by atoms with Crippen LogP contribution >= 0.6 is 0 Å². The minimum absolute atomic E-state index is 0.154. The smallest absolute Gasteiger partial charge is 0.410 e. The molecule has 0 saturated carbocycles. The summed E-state index contributed by atoms with van der Waals surface area (Å²) in [6.07, 6.45) is -0.494. The highest BCUT2D eigenvalue weighted by Gasteiger charge is 2.58. The quantitative estimate of drug-likeness (QED) is 0.772. The van der Waals surface area contributed by atoms with Crippen LogP contribution in [0, 0.1) is 5.41 Å². The lowest BCUT2D eigenvalue weighted by atomic mass is 9.78. The molecule has 1 saturated heterocycles. The van der Waals surface area contributed by atoms with Gasteiger partial charge in [-0.2, -0.15) is 0 Å². The molecule has 2 atom stereocenters. The number of carbonyl (C=O) groups is 3. The SMILES string of the molecule is CCC1(C(=O)O)C(=O)CN(C(=O)OC(C)(C)C)C1C. The monoisotopic (exact) mass is 271 g/mol. The molecule has 0 aromatic heterocycles. The lowest BCUT2D eigenvalue weighted by Crippen LogP contribution is -2.47. The maximum Gasteiger partial charge on any atom is 0.410 e. The van der Waals surface area contributed by atoms with Crippen molar-refractivity contribution < 1.29 is 24.2 Å². The minimum Gasteiger partial charge on any atom is -0.480 e. The van der Waals surface area contributed by atoms with Crippen LogP contribution in [-0.2, 0) is 14.3 Å². The van der Waals surface area contributed by atoms with E-state index < -0.39 is 34.9 Å². The number of amides is 1. The Hall–Kier alpha value is -1.59. The first-order valence-electron chi connectivity index (χ1n) is 6.32. The summed E-state index contributed by atoms with van der Waals surface area (Å²) in [5.74, 6) is -1.63. The van der Waals surface area contributed by atoms with Gasteiger partial charge >= 0.3 is 12.1 Å². The van der Waals surface area contributed by atoms with Gasteiger partial charge in [0.05, 0.1) is 12.6 Å². The topological polar surface area (TPSA) is 83.9 Å². The number of carbonyl (C=O) groups excluding carboxylic acids is 2. The maximum atomic E-state index is 12.0. The minimum atomic E-state index is -1.52. The second kappa shape index (κ2) is 4.83. The van der Waals surface area contributed by atoms with Gasteiger partial charge in [-0.1, -0.05) is 6.92 Å². The Balaban J connectivity index is 3.01. The molecule has 1 fully saturated rings. The van der Waals surface area contributed by atoms with Gasteiger partial charge in [0, 0.05) is 0 Å². The third-order valence-corrected chi connectivity index (χ3v) is 3.56. The van der Waals surface area contributed by atoms with Crippen LogP contribution in [0.25, 0.3) is 0 Å². The van der Waals surface area contributed by atoms with Gasteiger partial charge in [0.25, 0.3) is 0 Å². The van der Waals surface area contributed by atoms with Crippen molar-refractivity contribution in [2.45, 2.75) is 52.7 Å². The summed E-state index contributed by atoms with van der Waals surface area (Å²) in [5.41, 5.74) is -2.20. The Morgan fingerprint density at radius 3 is 2.32 bits per heavy atom. The number of aliphatic carboxylic acids is 1. The molecule has 1 rings (SSSR count). The number of ketones is 1. The van der Waals surface area contributed by atoms with E-state index in [0.717, 1.165) is 0 Å². The van der Waals surface area contributed by atoms with Crippen molar-refractivity contribution in [3.8, 4) is 0 Å². The van der Waals surface area contributed by atoms with Gasteiger partial charge in [-0.15, -0.1) is 0 Å². The van der Waals surface area contributed by atoms with Crippen LogP contribution in [0.3, 0.4) is 0 Å². The van der Waals surface area contributed by atoms with Crippen molar-refractivity contribution in [2.75, 3.05) is 6.54 Å². The molecule has 6 nitrogen and oxygen atoms in total. The van der Waals surface area contributed by atoms with Gasteiger partial charge in [0.1, 0.15) is 11.0 Å². The Labute approximate surface area is 112 Å². The summed E-state index contributed by atoms with van der Waals surface area (Å²) in [4.78, 5) is 36.7. The fourth-order valence-corrected chi connectivity index (χ4v) is 2.42. The highest BCUT2D eigenvalue weighted by atomic mass is 16.6. The van der Waals surface area contributed by atoms with Crippen molar-refractivity contribution in [1.29, 1.82) is 0 Å². The van der Waals surface area contributed by atoms with Gasteiger partial charge in [0.15, 0.2) is 5.78 Å². The Morgan fingerprint density at radius 2 is 2.00 bits per heavy atom. The molecule has 6 heteroatoms. The number of rotatable bonds is 2. The molecule has 1 aliphatic heterocycles. The Kier molecular flexibility index (Phi) is 3.93. The molecular weight excluding hydrogens is 250 g/mol. The number of Topliss-reactive ketones (excluding diaryl/α,β-unsaturated/α-hetero) is 1. The van der Waals surface area contributed by atoms with Gasteiger partial charge in [-0.25, -0.2) is 4.79 Å². The average Bonchev–Trinajstić information content (AvgIpc) is 2.49. The molecule has 0 radical (unpaired) electrons. The lowest BCUT2D eigenvalue weighted by molar-refractivity contribution is -0.154.